The Morgan fingerprint density at radius 2 is 1.95 bits per heavy atom. The third-order valence-electron chi connectivity index (χ3n) is 2.88. The van der Waals surface area contributed by atoms with Gasteiger partial charge in [0.1, 0.15) is 11.5 Å². The van der Waals surface area contributed by atoms with Crippen LogP contribution in [0.4, 0.5) is 15.8 Å². The Bertz CT molecular complexity index is 659. The molecule has 0 fully saturated rings. The zero-order chi connectivity index (χ0) is 15.2. The first-order chi connectivity index (χ1) is 10.1. The highest BCUT2D eigenvalue weighted by molar-refractivity contribution is 5.93. The second-order valence-electron chi connectivity index (χ2n) is 4.26. The van der Waals surface area contributed by atoms with Gasteiger partial charge in [-0.1, -0.05) is 12.1 Å². The summed E-state index contributed by atoms with van der Waals surface area (Å²) in [6.07, 6.45) is 0. The first kappa shape index (κ1) is 14.6. The lowest BCUT2D eigenvalue weighted by atomic mass is 10.1. The average Bonchev–Trinajstić information content (AvgIpc) is 2.53. The van der Waals surface area contributed by atoms with Crippen LogP contribution >= 0.6 is 0 Å². The molecule has 0 aliphatic carbocycles. The number of anilines is 1. The monoisotopic (exact) mass is 288 g/mol. The summed E-state index contributed by atoms with van der Waals surface area (Å²) in [6.45, 7) is 0.426. The van der Waals surface area contributed by atoms with E-state index in [4.69, 9.17) is 10.7 Å². The maximum atomic E-state index is 13.0. The van der Waals surface area contributed by atoms with Crippen molar-refractivity contribution in [3.63, 3.8) is 0 Å². The first-order valence-electron chi connectivity index (χ1n) is 6.08. The number of nitrogens with zero attached hydrogens (tertiary/aromatic N) is 1. The molecule has 2 rings (SSSR count). The molecule has 2 aromatic carbocycles. The van der Waals surface area contributed by atoms with Crippen LogP contribution in [-0.4, -0.2) is 11.1 Å². The van der Waals surface area contributed by atoms with Gasteiger partial charge in [0.2, 0.25) is 0 Å². The van der Waals surface area contributed by atoms with Gasteiger partial charge >= 0.3 is 0 Å². The van der Waals surface area contributed by atoms with Crippen LogP contribution in [0.2, 0.25) is 0 Å². The van der Waals surface area contributed by atoms with E-state index in [-0.39, 0.29) is 5.69 Å². The van der Waals surface area contributed by atoms with Crippen LogP contribution in [0, 0.1) is 11.3 Å². The number of hydrogen-bond acceptors (Lipinski definition) is 5. The predicted octanol–water partition coefficient (Wildman–Crippen LogP) is 3.22. The van der Waals surface area contributed by atoms with Gasteiger partial charge in [0.25, 0.3) is 5.91 Å². The number of benzene rings is 2. The quantitative estimate of drug-likeness (QED) is 0.386. The summed E-state index contributed by atoms with van der Waals surface area (Å²) < 4.78 is 13.0. The second-order valence-corrected chi connectivity index (χ2v) is 4.26. The largest absolute Gasteiger partial charge is 0.379 e. The number of carbonyl (C=O) groups is 1. The van der Waals surface area contributed by atoms with Crippen LogP contribution in [0.15, 0.2) is 47.6 Å². The molecule has 0 unspecified atom stereocenters. The van der Waals surface area contributed by atoms with E-state index in [0.29, 0.717) is 17.8 Å². The molecule has 21 heavy (non-hydrogen) atoms. The molecular weight excluding hydrogens is 275 g/mol. The van der Waals surface area contributed by atoms with Gasteiger partial charge in [-0.2, -0.15) is 5.11 Å². The predicted molar refractivity (Wildman–Crippen MR) is 74.2 cm³/mol. The smallest absolute Gasteiger partial charge is 0.274 e. The molecule has 0 atom stereocenters. The van der Waals surface area contributed by atoms with Crippen molar-refractivity contribution in [2.45, 2.75) is 6.54 Å². The molecule has 0 aliphatic heterocycles. The van der Waals surface area contributed by atoms with E-state index in [9.17, 15) is 9.18 Å². The fourth-order valence-electron chi connectivity index (χ4n) is 1.78. The molecule has 0 bridgehead atoms. The lowest BCUT2D eigenvalue weighted by molar-refractivity contribution is 0.0706. The molecule has 1 amide bonds. The second kappa shape index (κ2) is 6.58. The molecule has 108 valence electrons. The molecule has 0 aromatic heterocycles. The summed E-state index contributed by atoms with van der Waals surface area (Å²) in [4.78, 5) is 11.2. The van der Waals surface area contributed by atoms with Gasteiger partial charge in [-0.25, -0.2) is 15.4 Å². The molecule has 0 saturated carbocycles. The number of halogens is 1. The number of rotatable bonds is 5. The van der Waals surface area contributed by atoms with Crippen molar-refractivity contribution in [1.82, 2.24) is 5.48 Å². The fourth-order valence-corrected chi connectivity index (χ4v) is 1.78. The van der Waals surface area contributed by atoms with Crippen LogP contribution in [0.5, 0.6) is 0 Å². The summed E-state index contributed by atoms with van der Waals surface area (Å²) in [5.74, 6) is -1.03. The van der Waals surface area contributed by atoms with E-state index < -0.39 is 11.7 Å². The van der Waals surface area contributed by atoms with Crippen molar-refractivity contribution in [2.75, 3.05) is 5.32 Å². The molecule has 0 saturated heterocycles. The molecular formula is C14H13FN4O2. The minimum atomic E-state index is -0.580. The van der Waals surface area contributed by atoms with Gasteiger partial charge < -0.3 is 5.32 Å². The van der Waals surface area contributed by atoms with Crippen LogP contribution in [0.3, 0.4) is 0 Å². The summed E-state index contributed by atoms with van der Waals surface area (Å²) in [5, 5.41) is 14.8. The van der Waals surface area contributed by atoms with E-state index in [0.717, 1.165) is 5.56 Å². The van der Waals surface area contributed by atoms with Gasteiger partial charge in [0, 0.05) is 18.2 Å². The van der Waals surface area contributed by atoms with Crippen molar-refractivity contribution in [3.05, 3.63) is 59.4 Å². The van der Waals surface area contributed by atoms with Crippen molar-refractivity contribution in [1.29, 1.82) is 5.53 Å². The van der Waals surface area contributed by atoms with E-state index in [1.54, 1.807) is 29.7 Å². The Labute approximate surface area is 120 Å². The first-order valence-corrected chi connectivity index (χ1v) is 6.08. The Morgan fingerprint density at radius 1 is 1.24 bits per heavy atom. The van der Waals surface area contributed by atoms with Crippen LogP contribution in [-0.2, 0) is 6.54 Å². The van der Waals surface area contributed by atoms with Gasteiger partial charge in [0.15, 0.2) is 0 Å². The maximum absolute atomic E-state index is 13.0. The number of amides is 1. The van der Waals surface area contributed by atoms with Gasteiger partial charge in [-0.3, -0.25) is 10.0 Å². The highest BCUT2D eigenvalue weighted by Gasteiger charge is 2.05. The molecule has 2 aromatic rings. The maximum Gasteiger partial charge on any atom is 0.274 e. The van der Waals surface area contributed by atoms with Crippen molar-refractivity contribution >= 4 is 17.3 Å². The van der Waals surface area contributed by atoms with E-state index in [1.807, 2.05) is 0 Å². The summed E-state index contributed by atoms with van der Waals surface area (Å²) in [6, 6.07) is 10.6. The number of nitrogens with one attached hydrogen (secondary N) is 3. The van der Waals surface area contributed by atoms with Gasteiger partial charge in [-0.15, -0.1) is 0 Å². The molecule has 0 aliphatic rings. The molecule has 0 heterocycles. The summed E-state index contributed by atoms with van der Waals surface area (Å²) in [5.41, 5.74) is 10.5. The average molecular weight is 288 g/mol. The minimum absolute atomic E-state index is 0.214. The van der Waals surface area contributed by atoms with Crippen LogP contribution in [0.25, 0.3) is 0 Å². The summed E-state index contributed by atoms with van der Waals surface area (Å²) >= 11 is 0. The van der Waals surface area contributed by atoms with Gasteiger partial charge in [0.05, 0.1) is 5.69 Å². The Morgan fingerprint density at radius 3 is 2.57 bits per heavy atom. The van der Waals surface area contributed by atoms with Crippen LogP contribution < -0.4 is 10.8 Å². The number of hydrogen-bond donors (Lipinski definition) is 4. The zero-order valence-corrected chi connectivity index (χ0v) is 10.9. The molecule has 7 heteroatoms. The normalized spacial score (nSPS) is 10.0. The highest BCUT2D eigenvalue weighted by atomic mass is 19.1. The number of carbonyl (C=O) groups excluding carboxylic acids is 1. The Balaban J connectivity index is 2.06. The molecule has 6 nitrogen and oxygen atoms in total. The third-order valence-corrected chi connectivity index (χ3v) is 2.88. The van der Waals surface area contributed by atoms with E-state index in [2.05, 4.69) is 10.4 Å². The van der Waals surface area contributed by atoms with E-state index in [1.165, 1.54) is 18.2 Å². The van der Waals surface area contributed by atoms with Crippen molar-refractivity contribution in [3.8, 4) is 0 Å². The summed E-state index contributed by atoms with van der Waals surface area (Å²) in [7, 11) is 0. The SMILES string of the molecule is N=Nc1cc(F)ccc1NCc1ccc(C(=O)NO)cc1. The fraction of sp³-hybridized carbons (Fsp3) is 0.0714. The standard InChI is InChI=1S/C14H13FN4O2/c15-11-5-6-12(13(7-11)18-16)17-8-9-1-3-10(4-2-9)14(20)19-21/h1-7,16-17,21H,8H2,(H,19,20). The lowest BCUT2D eigenvalue weighted by Gasteiger charge is -2.09. The van der Waals surface area contributed by atoms with Crippen LogP contribution in [0.1, 0.15) is 15.9 Å². The molecule has 4 N–H and O–H groups in total. The Kier molecular flexibility index (Phi) is 4.57. The van der Waals surface area contributed by atoms with E-state index >= 15 is 0 Å². The highest BCUT2D eigenvalue weighted by Crippen LogP contribution is 2.26. The van der Waals surface area contributed by atoms with Gasteiger partial charge in [-0.05, 0) is 29.8 Å². The Hall–Kier alpha value is -2.80. The lowest BCUT2D eigenvalue weighted by Crippen LogP contribution is -2.18. The molecule has 0 radical (unpaired) electrons. The number of hydroxylamine groups is 1. The molecule has 0 spiro atoms. The minimum Gasteiger partial charge on any atom is -0.379 e. The van der Waals surface area contributed by atoms with Crippen molar-refractivity contribution < 1.29 is 14.4 Å². The topological polar surface area (TPSA) is 97.6 Å². The zero-order valence-electron chi connectivity index (χ0n) is 10.9. The third kappa shape index (κ3) is 3.61. The van der Waals surface area contributed by atoms with Crippen molar-refractivity contribution in [2.24, 2.45) is 5.11 Å².